The van der Waals surface area contributed by atoms with Gasteiger partial charge in [0.25, 0.3) is 5.91 Å². The summed E-state index contributed by atoms with van der Waals surface area (Å²) in [4.78, 5) is 41.7. The van der Waals surface area contributed by atoms with Gasteiger partial charge in [0.2, 0.25) is 0 Å². The number of carbonyl (C=O) groups excluding carboxylic acids is 3. The fraction of sp³-hybridized carbons (Fsp3) is 0.611. The molecule has 0 unspecified atom stereocenters. The first kappa shape index (κ1) is 20.0. The summed E-state index contributed by atoms with van der Waals surface area (Å²) in [5, 5.41) is 5.85. The number of carbonyl (C=O) groups is 3. The van der Waals surface area contributed by atoms with E-state index in [4.69, 9.17) is 4.74 Å². The maximum Gasteiger partial charge on any atom is 0.407 e. The fourth-order valence-corrected chi connectivity index (χ4v) is 3.01. The van der Waals surface area contributed by atoms with Crippen molar-refractivity contribution in [3.63, 3.8) is 0 Å². The van der Waals surface area contributed by atoms with Gasteiger partial charge in [-0.25, -0.2) is 4.79 Å². The number of aromatic nitrogens is 1. The highest BCUT2D eigenvalue weighted by atomic mass is 16.6. The van der Waals surface area contributed by atoms with Gasteiger partial charge in [-0.05, 0) is 34.6 Å². The number of aryl methyl sites for hydroxylation is 1. The van der Waals surface area contributed by atoms with Gasteiger partial charge in [0.15, 0.2) is 5.78 Å². The number of Topliss-reactive ketones (excluding diaryl/α,β-unsaturated/α-hetero) is 1. The number of alkyl carbamates (subject to hydrolysis) is 1. The van der Waals surface area contributed by atoms with Crippen LogP contribution in [0.1, 0.15) is 59.8 Å². The van der Waals surface area contributed by atoms with Crippen LogP contribution in [0.4, 0.5) is 4.79 Å². The van der Waals surface area contributed by atoms with Crippen LogP contribution >= 0.6 is 0 Å². The molecule has 3 N–H and O–H groups in total. The Morgan fingerprint density at radius 1 is 1.19 bits per heavy atom. The maximum atomic E-state index is 12.9. The number of nitrogens with one attached hydrogen (secondary N) is 3. The predicted molar refractivity (Wildman–Crippen MR) is 97.4 cm³/mol. The summed E-state index contributed by atoms with van der Waals surface area (Å²) in [5.41, 5.74) is 1.30. The number of rotatable bonds is 4. The molecule has 0 saturated carbocycles. The molecule has 26 heavy (non-hydrogen) atoms. The van der Waals surface area contributed by atoms with E-state index in [0.717, 1.165) is 13.1 Å². The minimum Gasteiger partial charge on any atom is -0.444 e. The Morgan fingerprint density at radius 3 is 2.35 bits per heavy atom. The van der Waals surface area contributed by atoms with Crippen LogP contribution in [0.15, 0.2) is 0 Å². The van der Waals surface area contributed by atoms with Gasteiger partial charge in [-0.15, -0.1) is 0 Å². The molecule has 0 bridgehead atoms. The van der Waals surface area contributed by atoms with Crippen molar-refractivity contribution in [3.05, 3.63) is 22.5 Å². The smallest absolute Gasteiger partial charge is 0.407 e. The van der Waals surface area contributed by atoms with Gasteiger partial charge in [-0.2, -0.15) is 0 Å². The molecule has 2 heterocycles. The van der Waals surface area contributed by atoms with E-state index in [0.29, 0.717) is 35.6 Å². The van der Waals surface area contributed by atoms with Gasteiger partial charge in [-0.1, -0.05) is 0 Å². The van der Waals surface area contributed by atoms with Crippen molar-refractivity contribution < 1.29 is 19.1 Å². The minimum absolute atomic E-state index is 0.0430. The Hall–Kier alpha value is -2.35. The monoisotopic (exact) mass is 364 g/mol. The lowest BCUT2D eigenvalue weighted by atomic mass is 10.0. The van der Waals surface area contributed by atoms with E-state index in [1.54, 1.807) is 32.6 Å². The summed E-state index contributed by atoms with van der Waals surface area (Å²) < 4.78 is 5.23. The molecule has 8 nitrogen and oxygen atoms in total. The standard InChI is InChI=1S/C18H28N4O4/c1-11-14(12(2)23)13(10-20-17(25)26-18(3,4)5)15(21-11)16(24)22-8-6-19-7-9-22/h19,21H,6-10H2,1-5H3,(H,20,25). The topological polar surface area (TPSA) is 104 Å². The average molecular weight is 364 g/mol. The highest BCUT2D eigenvalue weighted by molar-refractivity contribution is 6.02. The number of hydrogen-bond donors (Lipinski definition) is 3. The van der Waals surface area contributed by atoms with Gasteiger partial charge in [0.05, 0.1) is 0 Å². The summed E-state index contributed by atoms with van der Waals surface area (Å²) >= 11 is 0. The molecule has 1 saturated heterocycles. The molecule has 2 rings (SSSR count). The second-order valence-corrected chi connectivity index (χ2v) is 7.43. The maximum absolute atomic E-state index is 12.9. The van der Waals surface area contributed by atoms with Gasteiger partial charge < -0.3 is 25.3 Å². The number of H-pyrrole nitrogens is 1. The van der Waals surface area contributed by atoms with Gasteiger partial charge >= 0.3 is 6.09 Å². The lowest BCUT2D eigenvalue weighted by Crippen LogP contribution is -2.46. The van der Waals surface area contributed by atoms with E-state index in [2.05, 4.69) is 15.6 Å². The second-order valence-electron chi connectivity index (χ2n) is 7.43. The van der Waals surface area contributed by atoms with E-state index in [-0.39, 0.29) is 18.2 Å². The summed E-state index contributed by atoms with van der Waals surface area (Å²) in [5.74, 6) is -0.317. The van der Waals surface area contributed by atoms with E-state index in [1.165, 1.54) is 6.92 Å². The molecule has 1 aliphatic heterocycles. The molecule has 1 aromatic rings. The van der Waals surface area contributed by atoms with Gasteiger partial charge in [0.1, 0.15) is 11.3 Å². The molecule has 0 aliphatic carbocycles. The van der Waals surface area contributed by atoms with E-state index >= 15 is 0 Å². The molecular formula is C18H28N4O4. The van der Waals surface area contributed by atoms with E-state index in [9.17, 15) is 14.4 Å². The number of aromatic amines is 1. The molecule has 8 heteroatoms. The number of ether oxygens (including phenoxy) is 1. The molecule has 2 amide bonds. The van der Waals surface area contributed by atoms with Crippen molar-refractivity contribution >= 4 is 17.8 Å². The quantitative estimate of drug-likeness (QED) is 0.704. The number of ketones is 1. The van der Waals surface area contributed by atoms with Gasteiger partial charge in [-0.3, -0.25) is 9.59 Å². The van der Waals surface area contributed by atoms with Crippen LogP contribution < -0.4 is 10.6 Å². The third-order valence-corrected chi connectivity index (χ3v) is 4.07. The largest absolute Gasteiger partial charge is 0.444 e. The first-order chi connectivity index (χ1) is 12.1. The van der Waals surface area contributed by atoms with Crippen LogP contribution in [0.25, 0.3) is 0 Å². The van der Waals surface area contributed by atoms with Crippen molar-refractivity contribution in [1.82, 2.24) is 20.5 Å². The molecule has 0 radical (unpaired) electrons. The molecular weight excluding hydrogens is 336 g/mol. The third kappa shape index (κ3) is 4.85. The van der Waals surface area contributed by atoms with E-state index in [1.807, 2.05) is 0 Å². The molecule has 144 valence electrons. The molecule has 0 aromatic carbocycles. The van der Waals surface area contributed by atoms with Crippen molar-refractivity contribution in [2.75, 3.05) is 26.2 Å². The van der Waals surface area contributed by atoms with Crippen LogP contribution in [0.5, 0.6) is 0 Å². The predicted octanol–water partition coefficient (Wildman–Crippen LogP) is 1.60. The average Bonchev–Trinajstić information content (AvgIpc) is 2.88. The van der Waals surface area contributed by atoms with Crippen molar-refractivity contribution in [2.24, 2.45) is 0 Å². The zero-order valence-electron chi connectivity index (χ0n) is 16.1. The summed E-state index contributed by atoms with van der Waals surface area (Å²) in [6.07, 6.45) is -0.591. The van der Waals surface area contributed by atoms with E-state index < -0.39 is 11.7 Å². The fourth-order valence-electron chi connectivity index (χ4n) is 3.01. The number of piperazine rings is 1. The zero-order valence-corrected chi connectivity index (χ0v) is 16.1. The van der Waals surface area contributed by atoms with Crippen LogP contribution in [-0.2, 0) is 11.3 Å². The van der Waals surface area contributed by atoms with Crippen LogP contribution in [0, 0.1) is 6.92 Å². The van der Waals surface area contributed by atoms with Crippen molar-refractivity contribution in [2.45, 2.75) is 46.8 Å². The first-order valence-electron chi connectivity index (χ1n) is 8.79. The molecule has 1 aliphatic rings. The lowest BCUT2D eigenvalue weighted by Gasteiger charge is -2.27. The highest BCUT2D eigenvalue weighted by Crippen LogP contribution is 2.21. The Kier molecular flexibility index (Phi) is 6.07. The highest BCUT2D eigenvalue weighted by Gasteiger charge is 2.27. The van der Waals surface area contributed by atoms with Crippen LogP contribution in [0.2, 0.25) is 0 Å². The normalized spacial score (nSPS) is 14.9. The second kappa shape index (κ2) is 7.90. The number of amides is 2. The molecule has 0 spiro atoms. The summed E-state index contributed by atoms with van der Waals surface area (Å²) in [7, 11) is 0. The Morgan fingerprint density at radius 2 is 1.81 bits per heavy atom. The van der Waals surface area contributed by atoms with Crippen LogP contribution in [0.3, 0.4) is 0 Å². The first-order valence-corrected chi connectivity index (χ1v) is 8.79. The Bertz CT molecular complexity index is 697. The van der Waals surface area contributed by atoms with Crippen molar-refractivity contribution in [1.29, 1.82) is 0 Å². The SMILES string of the molecule is CC(=O)c1c(C)[nH]c(C(=O)N2CCNCC2)c1CNC(=O)OC(C)(C)C. The Labute approximate surface area is 153 Å². The van der Waals surface area contributed by atoms with Gasteiger partial charge in [0, 0.05) is 49.5 Å². The summed E-state index contributed by atoms with van der Waals surface area (Å²) in [6.45, 7) is 11.2. The minimum atomic E-state index is -0.624. The molecule has 1 aromatic heterocycles. The third-order valence-electron chi connectivity index (χ3n) is 4.07. The lowest BCUT2D eigenvalue weighted by molar-refractivity contribution is 0.0521. The number of hydrogen-bond acceptors (Lipinski definition) is 5. The summed E-state index contributed by atoms with van der Waals surface area (Å²) in [6, 6.07) is 0. The van der Waals surface area contributed by atoms with Crippen LogP contribution in [-0.4, -0.2) is 59.4 Å². The molecule has 1 fully saturated rings. The van der Waals surface area contributed by atoms with Crippen molar-refractivity contribution in [3.8, 4) is 0 Å². The molecule has 0 atom stereocenters. The number of nitrogens with zero attached hydrogens (tertiary/aromatic N) is 1. The Balaban J connectivity index is 2.25. The zero-order chi connectivity index (χ0) is 19.5.